The van der Waals surface area contributed by atoms with Crippen molar-refractivity contribution >= 4 is 39.9 Å². The molecule has 0 unspecified atom stereocenters. The predicted molar refractivity (Wildman–Crippen MR) is 101 cm³/mol. The molecular weight excluding hydrogens is 338 g/mol. The van der Waals surface area contributed by atoms with Gasteiger partial charge in [0.1, 0.15) is 5.75 Å². The van der Waals surface area contributed by atoms with Gasteiger partial charge in [0.15, 0.2) is 11.7 Å². The molecule has 0 bridgehead atoms. The van der Waals surface area contributed by atoms with Crippen LogP contribution in [-0.4, -0.2) is 23.5 Å². The molecule has 0 aromatic heterocycles. The molecule has 0 heterocycles. The minimum Gasteiger partial charge on any atom is -0.484 e. The molecule has 0 saturated carbocycles. The highest BCUT2D eigenvalue weighted by molar-refractivity contribution is 7.80. The number of hydrogen-bond donors (Lipinski definition) is 3. The molecule has 0 atom stereocenters. The van der Waals surface area contributed by atoms with Crippen LogP contribution < -0.4 is 20.9 Å². The summed E-state index contributed by atoms with van der Waals surface area (Å²) in [7, 11) is 0. The van der Waals surface area contributed by atoms with Gasteiger partial charge in [-0.15, -0.1) is 0 Å². The van der Waals surface area contributed by atoms with Crippen molar-refractivity contribution in [3.05, 3.63) is 42.5 Å². The van der Waals surface area contributed by atoms with E-state index in [1.54, 1.807) is 0 Å². The van der Waals surface area contributed by atoms with Crippen molar-refractivity contribution in [2.45, 2.75) is 26.2 Å². The summed E-state index contributed by atoms with van der Waals surface area (Å²) in [5.41, 5.74) is 4.86. The lowest BCUT2D eigenvalue weighted by Crippen LogP contribution is -2.49. The van der Waals surface area contributed by atoms with Gasteiger partial charge in [0, 0.05) is 6.42 Å². The smallest absolute Gasteiger partial charge is 0.276 e. The van der Waals surface area contributed by atoms with Crippen molar-refractivity contribution in [3.63, 3.8) is 0 Å². The zero-order chi connectivity index (χ0) is 18.1. The summed E-state index contributed by atoms with van der Waals surface area (Å²) >= 11 is 4.93. The second kappa shape index (κ2) is 9.58. The second-order valence-electron chi connectivity index (χ2n) is 5.45. The van der Waals surface area contributed by atoms with Gasteiger partial charge < -0.3 is 10.1 Å². The third-order valence-corrected chi connectivity index (χ3v) is 3.62. The van der Waals surface area contributed by atoms with Crippen LogP contribution in [0.5, 0.6) is 5.75 Å². The maximum atomic E-state index is 11.8. The average Bonchev–Trinajstić information content (AvgIpc) is 2.62. The van der Waals surface area contributed by atoms with Gasteiger partial charge >= 0.3 is 0 Å². The summed E-state index contributed by atoms with van der Waals surface area (Å²) in [5, 5.41) is 4.68. The maximum absolute atomic E-state index is 11.8. The third kappa shape index (κ3) is 6.39. The lowest BCUT2D eigenvalue weighted by Gasteiger charge is -2.11. The molecule has 2 aromatic rings. The third-order valence-electron chi connectivity index (χ3n) is 3.42. The van der Waals surface area contributed by atoms with E-state index >= 15 is 0 Å². The Kier molecular flexibility index (Phi) is 7.16. The molecular formula is C18H21N3O3S. The fourth-order valence-electron chi connectivity index (χ4n) is 2.13. The highest BCUT2D eigenvalue weighted by Gasteiger charge is 2.06. The molecule has 0 spiro atoms. The van der Waals surface area contributed by atoms with E-state index in [0.717, 1.165) is 23.6 Å². The number of benzene rings is 2. The molecule has 0 aliphatic rings. The average molecular weight is 359 g/mol. The molecule has 2 aromatic carbocycles. The topological polar surface area (TPSA) is 79.5 Å². The molecule has 0 aliphatic heterocycles. The minimum atomic E-state index is -0.404. The van der Waals surface area contributed by atoms with Gasteiger partial charge in [-0.2, -0.15) is 0 Å². The monoisotopic (exact) mass is 359 g/mol. The van der Waals surface area contributed by atoms with E-state index in [1.165, 1.54) is 0 Å². The molecule has 132 valence electrons. The Bertz CT molecular complexity index is 764. The molecule has 0 aliphatic carbocycles. The molecule has 0 fully saturated rings. The quantitative estimate of drug-likeness (QED) is 0.545. The molecule has 7 heteroatoms. The van der Waals surface area contributed by atoms with Crippen molar-refractivity contribution in [3.8, 4) is 5.75 Å². The molecule has 6 nitrogen and oxygen atoms in total. The number of rotatable bonds is 6. The van der Waals surface area contributed by atoms with E-state index in [1.807, 2.05) is 49.4 Å². The minimum absolute atomic E-state index is 0.0557. The van der Waals surface area contributed by atoms with Gasteiger partial charge in [0.25, 0.3) is 5.91 Å². The Morgan fingerprint density at radius 1 is 1.04 bits per heavy atom. The number of thiocarbonyl (C=S) groups is 1. The highest BCUT2D eigenvalue weighted by Crippen LogP contribution is 2.20. The molecule has 3 N–H and O–H groups in total. The van der Waals surface area contributed by atoms with Gasteiger partial charge in [0.05, 0.1) is 0 Å². The first kappa shape index (κ1) is 18.7. The first-order chi connectivity index (χ1) is 12.1. The standard InChI is InChI=1S/C18H21N3O3S/c1-2-3-8-16(22)19-18(25)21-20-17(23)12-24-15-10-9-13-6-4-5-7-14(13)11-15/h4-7,9-11H,2-3,8,12H2,1H3,(H,20,23)(H2,19,21,22,25). The first-order valence-electron chi connectivity index (χ1n) is 8.08. The summed E-state index contributed by atoms with van der Waals surface area (Å²) in [6.45, 7) is 1.83. The van der Waals surface area contributed by atoms with Crippen LogP contribution in [0.15, 0.2) is 42.5 Å². The number of ether oxygens (including phenoxy) is 1. The summed E-state index contributed by atoms with van der Waals surface area (Å²) < 4.78 is 5.46. The van der Waals surface area contributed by atoms with E-state index in [-0.39, 0.29) is 17.6 Å². The normalized spacial score (nSPS) is 10.1. The number of amides is 2. The van der Waals surface area contributed by atoms with Crippen molar-refractivity contribution in [1.82, 2.24) is 16.2 Å². The van der Waals surface area contributed by atoms with E-state index in [9.17, 15) is 9.59 Å². The van der Waals surface area contributed by atoms with Crippen LogP contribution in [0, 0.1) is 0 Å². The number of hydrogen-bond acceptors (Lipinski definition) is 4. The summed E-state index contributed by atoms with van der Waals surface area (Å²) in [4.78, 5) is 23.3. The first-order valence-corrected chi connectivity index (χ1v) is 8.49. The largest absolute Gasteiger partial charge is 0.484 e. The Morgan fingerprint density at radius 2 is 1.80 bits per heavy atom. The van der Waals surface area contributed by atoms with E-state index < -0.39 is 5.91 Å². The van der Waals surface area contributed by atoms with Crippen molar-refractivity contribution in [2.75, 3.05) is 6.61 Å². The Hall–Kier alpha value is -2.67. The molecule has 0 radical (unpaired) electrons. The molecule has 0 saturated heterocycles. The Balaban J connectivity index is 1.72. The van der Waals surface area contributed by atoms with Gasteiger partial charge in [0.2, 0.25) is 5.91 Å². The second-order valence-corrected chi connectivity index (χ2v) is 5.86. The zero-order valence-corrected chi connectivity index (χ0v) is 14.8. The number of nitrogens with one attached hydrogen (secondary N) is 3. The fourth-order valence-corrected chi connectivity index (χ4v) is 2.29. The number of carbonyl (C=O) groups excluding carboxylic acids is 2. The van der Waals surface area contributed by atoms with Gasteiger partial charge in [-0.25, -0.2) is 0 Å². The Morgan fingerprint density at radius 3 is 2.56 bits per heavy atom. The van der Waals surface area contributed by atoms with Crippen LogP contribution in [0.25, 0.3) is 10.8 Å². The molecule has 25 heavy (non-hydrogen) atoms. The van der Waals surface area contributed by atoms with E-state index in [2.05, 4.69) is 16.2 Å². The molecule has 2 amide bonds. The SMILES string of the molecule is CCCCC(=O)NC(=S)NNC(=O)COc1ccc2ccccc2c1. The van der Waals surface area contributed by atoms with E-state index in [4.69, 9.17) is 17.0 Å². The van der Waals surface area contributed by atoms with Crippen LogP contribution in [0.2, 0.25) is 0 Å². The number of carbonyl (C=O) groups is 2. The van der Waals surface area contributed by atoms with Crippen LogP contribution in [0.1, 0.15) is 26.2 Å². The van der Waals surface area contributed by atoms with E-state index in [0.29, 0.717) is 12.2 Å². The van der Waals surface area contributed by atoms with Crippen LogP contribution in [0.3, 0.4) is 0 Å². The number of fused-ring (bicyclic) bond motifs is 1. The number of hydrazine groups is 1. The summed E-state index contributed by atoms with van der Waals surface area (Å²) in [6, 6.07) is 13.5. The lowest BCUT2D eigenvalue weighted by molar-refractivity contribution is -0.124. The van der Waals surface area contributed by atoms with Crippen LogP contribution in [0.4, 0.5) is 0 Å². The summed E-state index contributed by atoms with van der Waals surface area (Å²) in [5.74, 6) is 0.0172. The maximum Gasteiger partial charge on any atom is 0.276 e. The van der Waals surface area contributed by atoms with Crippen LogP contribution in [-0.2, 0) is 9.59 Å². The lowest BCUT2D eigenvalue weighted by atomic mass is 10.1. The molecule has 2 rings (SSSR count). The van der Waals surface area contributed by atoms with Gasteiger partial charge in [-0.05, 0) is 41.5 Å². The van der Waals surface area contributed by atoms with Crippen molar-refractivity contribution in [1.29, 1.82) is 0 Å². The van der Waals surface area contributed by atoms with Crippen molar-refractivity contribution < 1.29 is 14.3 Å². The Labute approximate surface area is 151 Å². The van der Waals surface area contributed by atoms with Crippen LogP contribution >= 0.6 is 12.2 Å². The predicted octanol–water partition coefficient (Wildman–Crippen LogP) is 2.43. The van der Waals surface area contributed by atoms with Gasteiger partial charge in [-0.1, -0.05) is 43.7 Å². The fraction of sp³-hybridized carbons (Fsp3) is 0.278. The summed E-state index contributed by atoms with van der Waals surface area (Å²) in [6.07, 6.45) is 2.12. The highest BCUT2D eigenvalue weighted by atomic mass is 32.1. The number of unbranched alkanes of at least 4 members (excludes halogenated alkanes) is 1. The van der Waals surface area contributed by atoms with Gasteiger partial charge in [-0.3, -0.25) is 20.4 Å². The van der Waals surface area contributed by atoms with Crippen molar-refractivity contribution in [2.24, 2.45) is 0 Å². The zero-order valence-electron chi connectivity index (χ0n) is 14.0.